The topological polar surface area (TPSA) is 42.4 Å². The van der Waals surface area contributed by atoms with Crippen molar-refractivity contribution in [1.82, 2.24) is 4.98 Å². The van der Waals surface area contributed by atoms with Crippen molar-refractivity contribution in [2.45, 2.75) is 72.1 Å². The Labute approximate surface area is 186 Å². The van der Waals surface area contributed by atoms with E-state index >= 15 is 0 Å². The number of hydrogen-bond donors (Lipinski definition) is 0. The van der Waals surface area contributed by atoms with E-state index in [2.05, 4.69) is 4.98 Å². The van der Waals surface area contributed by atoms with Crippen LogP contribution in [0.5, 0.6) is 0 Å². The fourth-order valence-electron chi connectivity index (χ4n) is 3.52. The Morgan fingerprint density at radius 2 is 1.69 bits per heavy atom. The van der Waals surface area contributed by atoms with E-state index in [-0.39, 0.29) is 17.9 Å². The van der Waals surface area contributed by atoms with Gasteiger partial charge in [-0.3, -0.25) is 9.88 Å². The molecule has 0 fully saturated rings. The molecule has 1 amide bonds. The highest BCUT2D eigenvalue weighted by Gasteiger charge is 2.43. The van der Waals surface area contributed by atoms with Crippen LogP contribution in [0.15, 0.2) is 30.3 Å². The molecule has 2 aromatic rings. The van der Waals surface area contributed by atoms with Crippen LogP contribution in [0.2, 0.25) is 0 Å². The van der Waals surface area contributed by atoms with Crippen LogP contribution in [0.4, 0.5) is 28.0 Å². The van der Waals surface area contributed by atoms with E-state index in [1.54, 1.807) is 20.8 Å². The van der Waals surface area contributed by atoms with Crippen LogP contribution < -0.4 is 4.90 Å². The molecule has 1 aliphatic heterocycles. The Bertz CT molecular complexity index is 962. The average molecular weight is 455 g/mol. The van der Waals surface area contributed by atoms with Crippen molar-refractivity contribution in [3.8, 4) is 11.3 Å². The van der Waals surface area contributed by atoms with Crippen LogP contribution in [-0.2, 0) is 16.6 Å². The maximum Gasteiger partial charge on any atom is 0.414 e. The number of alkyl halides is 3. The van der Waals surface area contributed by atoms with E-state index < -0.39 is 35.5 Å². The zero-order valence-corrected chi connectivity index (χ0v) is 19.5. The molecule has 1 aliphatic rings. The maximum atomic E-state index is 13.4. The zero-order chi connectivity index (χ0) is 24.5. The second kappa shape index (κ2) is 9.08. The second-order valence-electron chi connectivity index (χ2n) is 9.11. The molecule has 3 rings (SSSR count). The minimum Gasteiger partial charge on any atom is -0.443 e. The summed E-state index contributed by atoms with van der Waals surface area (Å²) in [5.74, 6) is -0.480. The smallest absolute Gasteiger partial charge is 0.414 e. The van der Waals surface area contributed by atoms with Crippen molar-refractivity contribution >= 4 is 11.8 Å². The highest BCUT2D eigenvalue weighted by atomic mass is 19.4. The number of carbonyl (C=O) groups excluding carboxylic acids is 1. The summed E-state index contributed by atoms with van der Waals surface area (Å²) in [6.07, 6.45) is -6.24. The summed E-state index contributed by atoms with van der Waals surface area (Å²) in [7, 11) is 0. The summed E-state index contributed by atoms with van der Waals surface area (Å²) in [6.45, 7) is 13.1. The van der Waals surface area contributed by atoms with Crippen LogP contribution in [0.25, 0.3) is 11.3 Å². The van der Waals surface area contributed by atoms with Gasteiger partial charge in [0.25, 0.3) is 0 Å². The van der Waals surface area contributed by atoms with E-state index in [1.807, 2.05) is 27.7 Å². The van der Waals surface area contributed by atoms with Gasteiger partial charge in [0.15, 0.2) is 0 Å². The van der Waals surface area contributed by atoms with Crippen molar-refractivity contribution in [3.05, 3.63) is 47.4 Å². The minimum atomic E-state index is -4.44. The zero-order valence-electron chi connectivity index (χ0n) is 19.5. The molecule has 176 valence electrons. The number of anilines is 1. The Hall–Kier alpha value is -2.64. The lowest BCUT2D eigenvalue weighted by atomic mass is 9.86. The Morgan fingerprint density at radius 1 is 1.12 bits per heavy atom. The van der Waals surface area contributed by atoms with Gasteiger partial charge in [-0.25, -0.2) is 9.18 Å². The van der Waals surface area contributed by atoms with Crippen molar-refractivity contribution in [1.29, 1.82) is 0 Å². The predicted molar refractivity (Wildman–Crippen MR) is 117 cm³/mol. The maximum absolute atomic E-state index is 13.4. The fraction of sp³-hybridized carbons (Fsp3) is 0.500. The van der Waals surface area contributed by atoms with E-state index in [0.29, 0.717) is 16.8 Å². The SMILES string of the molecule is CC.CC(C)(C)OC(=O)N1CC(C)(C)c2cc(CC(F)(F)F)nc(-c3ccc(F)cc3)c21. The monoisotopic (exact) mass is 454 g/mol. The van der Waals surface area contributed by atoms with E-state index in [9.17, 15) is 22.4 Å². The Kier molecular flexibility index (Phi) is 7.27. The molecule has 32 heavy (non-hydrogen) atoms. The molecule has 0 unspecified atom stereocenters. The third-order valence-electron chi connectivity index (χ3n) is 4.71. The molecule has 0 atom stereocenters. The van der Waals surface area contributed by atoms with E-state index in [1.165, 1.54) is 35.2 Å². The third-order valence-corrected chi connectivity index (χ3v) is 4.71. The molecule has 0 N–H and O–H groups in total. The largest absolute Gasteiger partial charge is 0.443 e. The van der Waals surface area contributed by atoms with Gasteiger partial charge in [-0.2, -0.15) is 13.2 Å². The van der Waals surface area contributed by atoms with Gasteiger partial charge in [0.2, 0.25) is 0 Å². The van der Waals surface area contributed by atoms with Crippen LogP contribution in [0.1, 0.15) is 59.7 Å². The minimum absolute atomic E-state index is 0.153. The number of hydrogen-bond acceptors (Lipinski definition) is 3. The summed E-state index contributed by atoms with van der Waals surface area (Å²) in [6, 6.07) is 6.69. The van der Waals surface area contributed by atoms with Gasteiger partial charge in [0.1, 0.15) is 11.4 Å². The summed E-state index contributed by atoms with van der Waals surface area (Å²) in [5, 5.41) is 0. The lowest BCUT2D eigenvalue weighted by molar-refractivity contribution is -0.127. The van der Waals surface area contributed by atoms with Gasteiger partial charge in [0.05, 0.1) is 23.5 Å². The molecule has 4 nitrogen and oxygen atoms in total. The predicted octanol–water partition coefficient (Wildman–Crippen LogP) is 7.05. The van der Waals surface area contributed by atoms with Crippen molar-refractivity contribution < 1.29 is 27.1 Å². The first-order chi connectivity index (χ1) is 14.7. The van der Waals surface area contributed by atoms with E-state index in [4.69, 9.17) is 4.74 Å². The highest BCUT2D eigenvalue weighted by molar-refractivity contribution is 5.97. The van der Waals surface area contributed by atoms with Crippen molar-refractivity contribution in [2.24, 2.45) is 0 Å². The standard InChI is InChI=1S/C22H24F4N2O2.C2H6/c1-20(2,3)30-19(29)28-12-21(4,5)16-10-15(11-22(24,25)26)27-17(18(16)28)13-6-8-14(23)9-7-13;1-2/h6-10H,11-12H2,1-5H3;1-2H3. The van der Waals surface area contributed by atoms with Gasteiger partial charge in [-0.05, 0) is 56.7 Å². The Balaban J connectivity index is 0.00000176. The van der Waals surface area contributed by atoms with Crippen LogP contribution in [-0.4, -0.2) is 29.4 Å². The Morgan fingerprint density at radius 3 is 2.19 bits per heavy atom. The van der Waals surface area contributed by atoms with Crippen LogP contribution in [0, 0.1) is 5.82 Å². The molecule has 0 aliphatic carbocycles. The first-order valence-corrected chi connectivity index (χ1v) is 10.5. The first kappa shape index (κ1) is 25.6. The number of aromatic nitrogens is 1. The number of benzene rings is 1. The number of rotatable bonds is 2. The lowest BCUT2D eigenvalue weighted by Crippen LogP contribution is -2.38. The quantitative estimate of drug-likeness (QED) is 0.457. The molecule has 8 heteroatoms. The van der Waals surface area contributed by atoms with Crippen molar-refractivity contribution in [2.75, 3.05) is 11.4 Å². The summed E-state index contributed by atoms with van der Waals surface area (Å²) >= 11 is 0. The van der Waals surface area contributed by atoms with Gasteiger partial charge in [-0.1, -0.05) is 27.7 Å². The number of ether oxygens (including phenoxy) is 1. The number of fused-ring (bicyclic) bond motifs is 1. The normalized spacial score (nSPS) is 15.0. The number of halogens is 4. The van der Waals surface area contributed by atoms with Gasteiger partial charge in [-0.15, -0.1) is 0 Å². The molecular formula is C24H30F4N2O2. The number of carbonyl (C=O) groups is 1. The third kappa shape index (κ3) is 5.99. The van der Waals surface area contributed by atoms with Crippen LogP contribution >= 0.6 is 0 Å². The molecule has 2 heterocycles. The summed E-state index contributed by atoms with van der Waals surface area (Å²) in [5.41, 5.74) is 0.0630. The van der Waals surface area contributed by atoms with Crippen molar-refractivity contribution in [3.63, 3.8) is 0 Å². The molecular weight excluding hydrogens is 424 g/mol. The number of pyridine rings is 1. The second-order valence-corrected chi connectivity index (χ2v) is 9.11. The molecule has 1 aromatic heterocycles. The number of amides is 1. The molecule has 0 bridgehead atoms. The summed E-state index contributed by atoms with van der Waals surface area (Å²) in [4.78, 5) is 18.5. The first-order valence-electron chi connectivity index (χ1n) is 10.5. The highest BCUT2D eigenvalue weighted by Crippen LogP contribution is 2.46. The van der Waals surface area contributed by atoms with E-state index in [0.717, 1.165) is 0 Å². The van der Waals surface area contributed by atoms with Gasteiger partial charge < -0.3 is 4.74 Å². The fourth-order valence-corrected chi connectivity index (χ4v) is 3.52. The molecule has 0 saturated carbocycles. The molecule has 0 saturated heterocycles. The van der Waals surface area contributed by atoms with Gasteiger partial charge >= 0.3 is 12.3 Å². The lowest BCUT2D eigenvalue weighted by Gasteiger charge is -2.26. The molecule has 1 aromatic carbocycles. The van der Waals surface area contributed by atoms with Crippen LogP contribution in [0.3, 0.4) is 0 Å². The molecule has 0 radical (unpaired) electrons. The van der Waals surface area contributed by atoms with Gasteiger partial charge in [0, 0.05) is 17.5 Å². The summed E-state index contributed by atoms with van der Waals surface area (Å²) < 4.78 is 58.2. The average Bonchev–Trinajstić information content (AvgIpc) is 2.92. The number of nitrogens with zero attached hydrogens (tertiary/aromatic N) is 2. The molecule has 0 spiro atoms.